The van der Waals surface area contributed by atoms with Crippen LogP contribution in [0.5, 0.6) is 5.75 Å². The molecule has 1 fully saturated rings. The predicted octanol–water partition coefficient (Wildman–Crippen LogP) is 2.62. The zero-order valence-electron chi connectivity index (χ0n) is 15.8. The summed E-state index contributed by atoms with van der Waals surface area (Å²) in [5.41, 5.74) is 2.60. The van der Waals surface area contributed by atoms with Gasteiger partial charge in [0.1, 0.15) is 5.75 Å². The van der Waals surface area contributed by atoms with Gasteiger partial charge >= 0.3 is 5.97 Å². The number of methoxy groups -OCH3 is 1. The molecule has 0 aromatic heterocycles. The summed E-state index contributed by atoms with van der Waals surface area (Å²) in [5.74, 6) is -1.39. The maximum absolute atomic E-state index is 12.7. The Labute approximate surface area is 162 Å². The van der Waals surface area contributed by atoms with Gasteiger partial charge in [-0.05, 0) is 36.2 Å². The van der Waals surface area contributed by atoms with Crippen molar-refractivity contribution in [1.82, 2.24) is 0 Å². The fraction of sp³-hybridized carbons (Fsp3) is 0.286. The summed E-state index contributed by atoms with van der Waals surface area (Å²) in [6, 6.07) is 12.3. The number of nitrogens with zero attached hydrogens (tertiary/aromatic N) is 1. The second kappa shape index (κ2) is 8.12. The average molecular weight is 382 g/mol. The van der Waals surface area contributed by atoms with Gasteiger partial charge in [-0.2, -0.15) is 0 Å². The van der Waals surface area contributed by atoms with E-state index in [0.29, 0.717) is 22.7 Å². The molecule has 1 atom stereocenters. The summed E-state index contributed by atoms with van der Waals surface area (Å²) < 4.78 is 5.36. The first-order chi connectivity index (χ1) is 13.4. The highest BCUT2D eigenvalue weighted by atomic mass is 16.5. The minimum atomic E-state index is -0.976. The number of nitrogens with one attached hydrogen (secondary N) is 1. The van der Waals surface area contributed by atoms with E-state index >= 15 is 0 Å². The second-order valence-electron chi connectivity index (χ2n) is 6.80. The number of carboxylic acid groups (broad SMARTS) is 1. The lowest BCUT2D eigenvalue weighted by Crippen LogP contribution is -2.28. The van der Waals surface area contributed by atoms with E-state index < -0.39 is 11.9 Å². The SMILES string of the molecule is COc1ccc(C)cc1N1CC(C(=O)Nc2ccccc2CC(=O)O)CC1=O. The molecule has 3 rings (SSSR count). The molecule has 0 saturated carbocycles. The molecule has 1 saturated heterocycles. The van der Waals surface area contributed by atoms with Gasteiger partial charge < -0.3 is 20.1 Å². The standard InChI is InChI=1S/C21H22N2O5/c1-13-7-8-18(28-2)17(9-13)23-12-15(10-19(23)24)21(27)22-16-6-4-3-5-14(16)11-20(25)26/h3-9,15H,10-12H2,1-2H3,(H,22,27)(H,25,26). The lowest BCUT2D eigenvalue weighted by atomic mass is 10.1. The number of carbonyl (C=O) groups is 3. The molecule has 2 N–H and O–H groups in total. The first-order valence-electron chi connectivity index (χ1n) is 8.94. The third-order valence-electron chi connectivity index (χ3n) is 4.74. The lowest BCUT2D eigenvalue weighted by molar-refractivity contribution is -0.136. The Hall–Kier alpha value is -3.35. The van der Waals surface area contributed by atoms with Crippen molar-refractivity contribution in [3.8, 4) is 5.75 Å². The summed E-state index contributed by atoms with van der Waals surface area (Å²) in [6.45, 7) is 2.17. The molecule has 1 unspecified atom stereocenters. The van der Waals surface area contributed by atoms with E-state index in [1.807, 2.05) is 19.1 Å². The fourth-order valence-electron chi connectivity index (χ4n) is 3.32. The highest BCUT2D eigenvalue weighted by Crippen LogP contribution is 2.34. The number of rotatable bonds is 6. The predicted molar refractivity (Wildman–Crippen MR) is 105 cm³/mol. The van der Waals surface area contributed by atoms with Gasteiger partial charge in [-0.15, -0.1) is 0 Å². The molecular weight excluding hydrogens is 360 g/mol. The minimum absolute atomic E-state index is 0.0873. The largest absolute Gasteiger partial charge is 0.495 e. The Morgan fingerprint density at radius 1 is 1.25 bits per heavy atom. The molecule has 0 bridgehead atoms. The van der Waals surface area contributed by atoms with Crippen LogP contribution in [0, 0.1) is 12.8 Å². The van der Waals surface area contributed by atoms with Gasteiger partial charge in [0, 0.05) is 18.7 Å². The summed E-state index contributed by atoms with van der Waals surface area (Å²) >= 11 is 0. The molecule has 1 aliphatic rings. The second-order valence-corrected chi connectivity index (χ2v) is 6.80. The maximum Gasteiger partial charge on any atom is 0.307 e. The van der Waals surface area contributed by atoms with Crippen LogP contribution in [0.2, 0.25) is 0 Å². The zero-order chi connectivity index (χ0) is 20.3. The number of anilines is 2. The van der Waals surface area contributed by atoms with Crippen LogP contribution in [0.4, 0.5) is 11.4 Å². The maximum atomic E-state index is 12.7. The van der Waals surface area contributed by atoms with E-state index in [1.165, 1.54) is 7.11 Å². The molecule has 0 aliphatic carbocycles. The van der Waals surface area contributed by atoms with Crippen molar-refractivity contribution in [2.24, 2.45) is 5.92 Å². The van der Waals surface area contributed by atoms with Gasteiger partial charge in [0.15, 0.2) is 0 Å². The molecule has 2 aromatic rings. The number of benzene rings is 2. The topological polar surface area (TPSA) is 95.9 Å². The number of hydrogen-bond acceptors (Lipinski definition) is 4. The number of carboxylic acids is 1. The third kappa shape index (κ3) is 4.14. The quantitative estimate of drug-likeness (QED) is 0.801. The third-order valence-corrected chi connectivity index (χ3v) is 4.74. The molecule has 7 heteroatoms. The number of amides is 2. The highest BCUT2D eigenvalue weighted by Gasteiger charge is 2.36. The number of hydrogen-bond donors (Lipinski definition) is 2. The van der Waals surface area contributed by atoms with Crippen LogP contribution >= 0.6 is 0 Å². The lowest BCUT2D eigenvalue weighted by Gasteiger charge is -2.20. The number of ether oxygens (including phenoxy) is 1. The Morgan fingerprint density at radius 3 is 2.71 bits per heavy atom. The number of carbonyl (C=O) groups excluding carboxylic acids is 2. The van der Waals surface area contributed by atoms with Gasteiger partial charge in [-0.3, -0.25) is 14.4 Å². The Balaban J connectivity index is 1.77. The van der Waals surface area contributed by atoms with Crippen molar-refractivity contribution in [3.63, 3.8) is 0 Å². The van der Waals surface area contributed by atoms with E-state index in [1.54, 1.807) is 35.2 Å². The zero-order valence-corrected chi connectivity index (χ0v) is 15.8. The summed E-state index contributed by atoms with van der Waals surface area (Å²) in [5, 5.41) is 11.8. The van der Waals surface area contributed by atoms with Crippen molar-refractivity contribution in [3.05, 3.63) is 53.6 Å². The minimum Gasteiger partial charge on any atom is -0.495 e. The van der Waals surface area contributed by atoms with E-state index in [-0.39, 0.29) is 31.2 Å². The first-order valence-corrected chi connectivity index (χ1v) is 8.94. The van der Waals surface area contributed by atoms with Crippen molar-refractivity contribution in [1.29, 1.82) is 0 Å². The Kier molecular flexibility index (Phi) is 5.63. The molecule has 28 heavy (non-hydrogen) atoms. The molecule has 0 spiro atoms. The van der Waals surface area contributed by atoms with Crippen molar-refractivity contribution in [2.75, 3.05) is 23.9 Å². The van der Waals surface area contributed by atoms with E-state index in [4.69, 9.17) is 9.84 Å². The van der Waals surface area contributed by atoms with Gasteiger partial charge in [0.05, 0.1) is 25.1 Å². The van der Waals surface area contributed by atoms with Crippen LogP contribution < -0.4 is 15.0 Å². The van der Waals surface area contributed by atoms with Gasteiger partial charge in [0.2, 0.25) is 11.8 Å². The molecule has 0 radical (unpaired) electrons. The fourth-order valence-corrected chi connectivity index (χ4v) is 3.32. The van der Waals surface area contributed by atoms with Crippen LogP contribution in [-0.4, -0.2) is 36.5 Å². The van der Waals surface area contributed by atoms with Crippen molar-refractivity contribution in [2.45, 2.75) is 19.8 Å². The molecular formula is C21H22N2O5. The van der Waals surface area contributed by atoms with Crippen LogP contribution in [0.3, 0.4) is 0 Å². The van der Waals surface area contributed by atoms with Crippen molar-refractivity contribution >= 4 is 29.2 Å². The molecule has 2 aromatic carbocycles. The summed E-state index contributed by atoms with van der Waals surface area (Å²) in [7, 11) is 1.54. The summed E-state index contributed by atoms with van der Waals surface area (Å²) in [4.78, 5) is 37.9. The van der Waals surface area contributed by atoms with E-state index in [9.17, 15) is 14.4 Å². The number of aliphatic carboxylic acids is 1. The number of aryl methyl sites for hydroxylation is 1. The molecule has 146 valence electrons. The van der Waals surface area contributed by atoms with Gasteiger partial charge in [-0.25, -0.2) is 0 Å². The van der Waals surface area contributed by atoms with Crippen LogP contribution in [0.25, 0.3) is 0 Å². The molecule has 2 amide bonds. The monoisotopic (exact) mass is 382 g/mol. The van der Waals surface area contributed by atoms with Crippen LogP contribution in [0.15, 0.2) is 42.5 Å². The molecule has 1 heterocycles. The normalized spacial score (nSPS) is 16.1. The number of para-hydroxylation sites is 1. The highest BCUT2D eigenvalue weighted by molar-refractivity contribution is 6.04. The first kappa shape index (κ1) is 19.4. The smallest absolute Gasteiger partial charge is 0.307 e. The van der Waals surface area contributed by atoms with E-state index in [2.05, 4.69) is 5.32 Å². The van der Waals surface area contributed by atoms with Gasteiger partial charge in [-0.1, -0.05) is 24.3 Å². The average Bonchev–Trinajstić information content (AvgIpc) is 3.04. The summed E-state index contributed by atoms with van der Waals surface area (Å²) in [6.07, 6.45) is -0.101. The molecule has 7 nitrogen and oxygen atoms in total. The van der Waals surface area contributed by atoms with Gasteiger partial charge in [0.25, 0.3) is 0 Å². The van der Waals surface area contributed by atoms with E-state index in [0.717, 1.165) is 5.56 Å². The molecule has 1 aliphatic heterocycles. The van der Waals surface area contributed by atoms with Crippen LogP contribution in [-0.2, 0) is 20.8 Å². The van der Waals surface area contributed by atoms with Crippen LogP contribution in [0.1, 0.15) is 17.5 Å². The van der Waals surface area contributed by atoms with Crippen molar-refractivity contribution < 1.29 is 24.2 Å². The Morgan fingerprint density at radius 2 is 2.00 bits per heavy atom. The Bertz CT molecular complexity index is 925.